The van der Waals surface area contributed by atoms with Crippen molar-refractivity contribution in [1.29, 1.82) is 0 Å². The number of aryl methyl sites for hydroxylation is 1. The van der Waals surface area contributed by atoms with E-state index < -0.39 is 0 Å². The van der Waals surface area contributed by atoms with Crippen LogP contribution in [-0.2, 0) is 6.42 Å². The van der Waals surface area contributed by atoms with E-state index in [0.717, 1.165) is 16.0 Å². The Kier molecular flexibility index (Phi) is 3.09. The van der Waals surface area contributed by atoms with Gasteiger partial charge in [-0.05, 0) is 53.3 Å². The van der Waals surface area contributed by atoms with E-state index in [9.17, 15) is 0 Å². The predicted molar refractivity (Wildman–Crippen MR) is 77.3 cm³/mol. The summed E-state index contributed by atoms with van der Waals surface area (Å²) in [5.74, 6) is 0.738. The van der Waals surface area contributed by atoms with Gasteiger partial charge < -0.3 is 0 Å². The minimum absolute atomic E-state index is 0.738. The maximum atomic E-state index is 5.87. The lowest BCUT2D eigenvalue weighted by Crippen LogP contribution is -1.84. The standard InChI is InChI=1S/C10H11Cl.C6H3Cl/c1-7-2-3-8-6-9(11)4-5-10(7)8;7-6-3-4-1-2-5(4)6/h4-7H,2-3H2,1H3;1-3H. The van der Waals surface area contributed by atoms with E-state index in [1.165, 1.54) is 34.4 Å². The molecular formula is C16H14Cl2. The molecule has 3 aliphatic rings. The summed E-state index contributed by atoms with van der Waals surface area (Å²) in [5.41, 5.74) is 2.94. The van der Waals surface area contributed by atoms with Gasteiger partial charge >= 0.3 is 0 Å². The molecule has 1 atom stereocenters. The first kappa shape index (κ1) is 12.1. The second-order valence-corrected chi connectivity index (χ2v) is 5.82. The van der Waals surface area contributed by atoms with Crippen LogP contribution in [0.1, 0.15) is 30.4 Å². The summed E-state index contributed by atoms with van der Waals surface area (Å²) < 4.78 is 0. The summed E-state index contributed by atoms with van der Waals surface area (Å²) in [6.45, 7) is 2.28. The third-order valence-corrected chi connectivity index (χ3v) is 4.31. The van der Waals surface area contributed by atoms with Crippen LogP contribution < -0.4 is 0 Å². The highest BCUT2D eigenvalue weighted by Gasteiger charge is 2.17. The van der Waals surface area contributed by atoms with Gasteiger partial charge in [0.05, 0.1) is 0 Å². The molecule has 18 heavy (non-hydrogen) atoms. The second-order valence-electron chi connectivity index (χ2n) is 4.98. The van der Waals surface area contributed by atoms with E-state index in [-0.39, 0.29) is 0 Å². The van der Waals surface area contributed by atoms with Crippen LogP contribution in [0.3, 0.4) is 0 Å². The largest absolute Gasteiger partial charge is 0.0843 e. The highest BCUT2D eigenvalue weighted by atomic mass is 35.5. The monoisotopic (exact) mass is 276 g/mol. The zero-order valence-corrected chi connectivity index (χ0v) is 11.7. The number of hydrogen-bond acceptors (Lipinski definition) is 0. The van der Waals surface area contributed by atoms with E-state index in [2.05, 4.69) is 25.1 Å². The Balaban J connectivity index is 0.000000122. The number of benzene rings is 2. The van der Waals surface area contributed by atoms with Gasteiger partial charge in [-0.1, -0.05) is 48.3 Å². The van der Waals surface area contributed by atoms with Crippen molar-refractivity contribution in [2.24, 2.45) is 0 Å². The highest BCUT2D eigenvalue weighted by molar-refractivity contribution is 6.31. The smallest absolute Gasteiger partial charge is 0.0490 e. The predicted octanol–water partition coefficient (Wildman–Crippen LogP) is 5.33. The molecule has 92 valence electrons. The van der Waals surface area contributed by atoms with E-state index >= 15 is 0 Å². The average molecular weight is 277 g/mol. The molecule has 0 amide bonds. The molecule has 0 aliphatic heterocycles. The molecule has 0 nitrogen and oxygen atoms in total. The molecule has 2 heteroatoms. The molecule has 0 spiro atoms. The van der Waals surface area contributed by atoms with Crippen LogP contribution >= 0.6 is 23.2 Å². The lowest BCUT2D eigenvalue weighted by Gasteiger charge is -2.02. The van der Waals surface area contributed by atoms with Crippen LogP contribution in [0, 0.1) is 10.4 Å². The highest BCUT2D eigenvalue weighted by Crippen LogP contribution is 2.33. The zero-order valence-electron chi connectivity index (χ0n) is 10.2. The minimum atomic E-state index is 0.738. The Bertz CT molecular complexity index is 689. The molecule has 3 aliphatic carbocycles. The van der Waals surface area contributed by atoms with Crippen molar-refractivity contribution >= 4 is 23.2 Å². The van der Waals surface area contributed by atoms with Crippen molar-refractivity contribution in [2.75, 3.05) is 0 Å². The number of hydrogen-bond donors (Lipinski definition) is 0. The van der Waals surface area contributed by atoms with Gasteiger partial charge in [0.25, 0.3) is 0 Å². The average Bonchev–Trinajstić information content (AvgIpc) is 2.68. The summed E-state index contributed by atoms with van der Waals surface area (Å²) in [5, 5.41) is 4.34. The molecule has 0 aromatic heterocycles. The first-order chi connectivity index (χ1) is 8.65. The first-order valence-corrected chi connectivity index (χ1v) is 6.99. The van der Waals surface area contributed by atoms with E-state index in [1.54, 1.807) is 0 Å². The van der Waals surface area contributed by atoms with Crippen molar-refractivity contribution in [3.05, 3.63) is 68.0 Å². The van der Waals surface area contributed by atoms with Crippen LogP contribution in [0.15, 0.2) is 36.4 Å². The van der Waals surface area contributed by atoms with Gasteiger partial charge in [-0.25, -0.2) is 0 Å². The molecule has 0 bridgehead atoms. The molecule has 1 aromatic rings. The molecule has 0 heterocycles. The van der Waals surface area contributed by atoms with E-state index in [4.69, 9.17) is 23.2 Å². The lowest BCUT2D eigenvalue weighted by molar-refractivity contribution is 0.747. The van der Waals surface area contributed by atoms with Gasteiger partial charge in [-0.2, -0.15) is 0 Å². The van der Waals surface area contributed by atoms with E-state index in [0.29, 0.717) is 0 Å². The van der Waals surface area contributed by atoms with Gasteiger partial charge in [0, 0.05) is 15.3 Å². The molecule has 0 saturated heterocycles. The Morgan fingerprint density at radius 2 is 1.89 bits per heavy atom. The van der Waals surface area contributed by atoms with Crippen LogP contribution in [0.5, 0.6) is 0 Å². The Morgan fingerprint density at radius 1 is 1.06 bits per heavy atom. The second kappa shape index (κ2) is 4.60. The number of halogens is 2. The molecule has 0 saturated carbocycles. The van der Waals surface area contributed by atoms with E-state index in [1.807, 2.05) is 18.2 Å². The molecule has 0 fully saturated rings. The van der Waals surface area contributed by atoms with Crippen molar-refractivity contribution in [3.63, 3.8) is 0 Å². The molecule has 1 aromatic carbocycles. The summed E-state index contributed by atoms with van der Waals surface area (Å²) in [7, 11) is 0. The van der Waals surface area contributed by atoms with Crippen LogP contribution in [-0.4, -0.2) is 0 Å². The van der Waals surface area contributed by atoms with Gasteiger partial charge in [-0.15, -0.1) is 0 Å². The Labute approximate surface area is 117 Å². The van der Waals surface area contributed by atoms with Crippen molar-refractivity contribution in [1.82, 2.24) is 0 Å². The Morgan fingerprint density at radius 3 is 2.39 bits per heavy atom. The SMILES string of the molecule is CC1CCc2cc(Cl)ccc21.Clc1cc2ccc1=2. The fourth-order valence-corrected chi connectivity index (χ4v) is 3.03. The minimum Gasteiger partial charge on any atom is -0.0843 e. The zero-order chi connectivity index (χ0) is 12.7. The molecule has 4 rings (SSSR count). The number of rotatable bonds is 0. The third kappa shape index (κ3) is 2.04. The normalized spacial score (nSPS) is 17.8. The van der Waals surface area contributed by atoms with Crippen molar-refractivity contribution < 1.29 is 0 Å². The fraction of sp³-hybridized carbons (Fsp3) is 0.250. The molecule has 0 radical (unpaired) electrons. The Hall–Kier alpha value is -0.980. The van der Waals surface area contributed by atoms with Gasteiger partial charge in [0.1, 0.15) is 0 Å². The number of fused-ring (bicyclic) bond motifs is 1. The van der Waals surface area contributed by atoms with Gasteiger partial charge in [0.2, 0.25) is 0 Å². The van der Waals surface area contributed by atoms with Gasteiger partial charge in [0.15, 0.2) is 0 Å². The fourth-order valence-electron chi connectivity index (χ4n) is 2.54. The topological polar surface area (TPSA) is 0 Å². The van der Waals surface area contributed by atoms with Crippen LogP contribution in [0.25, 0.3) is 0 Å². The summed E-state index contributed by atoms with van der Waals surface area (Å²) in [6.07, 6.45) is 2.49. The third-order valence-electron chi connectivity index (χ3n) is 3.76. The summed E-state index contributed by atoms with van der Waals surface area (Å²) in [4.78, 5) is 0. The molecule has 1 unspecified atom stereocenters. The molecular weight excluding hydrogens is 263 g/mol. The maximum absolute atomic E-state index is 5.87. The van der Waals surface area contributed by atoms with Crippen molar-refractivity contribution in [3.8, 4) is 0 Å². The summed E-state index contributed by atoms with van der Waals surface area (Å²) in [6, 6.07) is 12.3. The van der Waals surface area contributed by atoms with Crippen molar-refractivity contribution in [2.45, 2.75) is 25.7 Å². The first-order valence-electron chi connectivity index (χ1n) is 6.23. The van der Waals surface area contributed by atoms with Crippen LogP contribution in [0.4, 0.5) is 0 Å². The quantitative estimate of drug-likeness (QED) is 0.521. The lowest BCUT2D eigenvalue weighted by atomic mass is 10.0. The van der Waals surface area contributed by atoms with Gasteiger partial charge in [-0.3, -0.25) is 0 Å². The van der Waals surface area contributed by atoms with Crippen LogP contribution in [0.2, 0.25) is 10.0 Å². The maximum Gasteiger partial charge on any atom is 0.0490 e. The molecule has 0 N–H and O–H groups in total. The summed E-state index contributed by atoms with van der Waals surface area (Å²) >= 11 is 11.5.